The summed E-state index contributed by atoms with van der Waals surface area (Å²) in [5.74, 6) is -0.881. The topological polar surface area (TPSA) is 30.9 Å². The van der Waals surface area contributed by atoms with Crippen LogP contribution in [0.4, 0.5) is 0 Å². The van der Waals surface area contributed by atoms with Crippen LogP contribution >= 0.6 is 23.2 Å². The second-order valence-electron chi connectivity index (χ2n) is 5.12. The fourth-order valence-corrected chi connectivity index (χ4v) is 2.91. The smallest absolute Gasteiger partial charge is 0.209 e. The van der Waals surface area contributed by atoms with Gasteiger partial charge in [-0.15, -0.1) is 0 Å². The van der Waals surface area contributed by atoms with Gasteiger partial charge in [-0.1, -0.05) is 29.3 Å². The summed E-state index contributed by atoms with van der Waals surface area (Å²) in [5.41, 5.74) is 0.788. The van der Waals surface area contributed by atoms with Gasteiger partial charge in [-0.3, -0.25) is 0 Å². The molecule has 2 unspecified atom stereocenters. The van der Waals surface area contributed by atoms with E-state index in [1.165, 1.54) is 0 Å². The molecule has 0 saturated carbocycles. The number of methoxy groups -OCH3 is 1. The molecular formula is C14H19Cl2NO3. The summed E-state index contributed by atoms with van der Waals surface area (Å²) in [7, 11) is 5.56. The van der Waals surface area contributed by atoms with E-state index in [2.05, 4.69) is 0 Å². The minimum atomic E-state index is -0.881. The van der Waals surface area contributed by atoms with Gasteiger partial charge in [-0.2, -0.15) is 0 Å². The van der Waals surface area contributed by atoms with Crippen molar-refractivity contribution in [2.24, 2.45) is 0 Å². The second-order valence-corrected chi connectivity index (χ2v) is 5.96. The Morgan fingerprint density at radius 3 is 2.75 bits per heavy atom. The van der Waals surface area contributed by atoms with Crippen molar-refractivity contribution in [1.29, 1.82) is 0 Å². The predicted molar refractivity (Wildman–Crippen MR) is 79.4 cm³/mol. The number of ether oxygens (including phenoxy) is 3. The molecule has 0 radical (unpaired) electrons. The summed E-state index contributed by atoms with van der Waals surface area (Å²) in [6, 6.07) is 5.34. The molecule has 1 saturated heterocycles. The maximum absolute atomic E-state index is 6.31. The first-order chi connectivity index (χ1) is 9.47. The van der Waals surface area contributed by atoms with Gasteiger partial charge in [0.05, 0.1) is 24.8 Å². The van der Waals surface area contributed by atoms with Crippen LogP contribution in [-0.2, 0) is 20.0 Å². The van der Waals surface area contributed by atoms with Crippen molar-refractivity contribution in [1.82, 2.24) is 4.90 Å². The average molecular weight is 320 g/mol. The van der Waals surface area contributed by atoms with Gasteiger partial charge < -0.3 is 19.1 Å². The third kappa shape index (κ3) is 3.45. The first-order valence-electron chi connectivity index (χ1n) is 6.38. The third-order valence-electron chi connectivity index (χ3n) is 3.08. The highest BCUT2D eigenvalue weighted by molar-refractivity contribution is 6.35. The van der Waals surface area contributed by atoms with E-state index < -0.39 is 5.79 Å². The van der Waals surface area contributed by atoms with E-state index >= 15 is 0 Å². The standard InChI is InChI=1S/C14H19Cl2NO3/c1-17(2)9-14(19-8-11(20-14)7-18-3)12-5-4-10(15)6-13(12)16/h4-6,11H,7-9H2,1-3H3. The Bertz CT molecular complexity index is 470. The quantitative estimate of drug-likeness (QED) is 0.835. The highest BCUT2D eigenvalue weighted by Crippen LogP contribution is 2.39. The van der Waals surface area contributed by atoms with Crippen LogP contribution in [0.3, 0.4) is 0 Å². The van der Waals surface area contributed by atoms with E-state index in [1.54, 1.807) is 19.2 Å². The minimum absolute atomic E-state index is 0.105. The van der Waals surface area contributed by atoms with E-state index in [0.29, 0.717) is 29.8 Å². The lowest BCUT2D eigenvalue weighted by Crippen LogP contribution is -2.39. The summed E-state index contributed by atoms with van der Waals surface area (Å²) in [6.45, 7) is 1.52. The van der Waals surface area contributed by atoms with Crippen molar-refractivity contribution in [3.8, 4) is 0 Å². The molecule has 0 aliphatic carbocycles. The maximum atomic E-state index is 6.31. The fourth-order valence-electron chi connectivity index (χ4n) is 2.36. The minimum Gasteiger partial charge on any atom is -0.382 e. The van der Waals surface area contributed by atoms with Crippen LogP contribution in [0.5, 0.6) is 0 Å². The summed E-state index contributed by atoms with van der Waals surface area (Å²) in [6.07, 6.45) is -0.105. The first kappa shape index (κ1) is 16.0. The average Bonchev–Trinajstić information content (AvgIpc) is 2.72. The lowest BCUT2D eigenvalue weighted by atomic mass is 10.1. The van der Waals surface area contributed by atoms with Crippen LogP contribution in [-0.4, -0.2) is 52.0 Å². The van der Waals surface area contributed by atoms with Crippen LogP contribution in [0, 0.1) is 0 Å². The third-order valence-corrected chi connectivity index (χ3v) is 3.63. The molecule has 2 rings (SSSR count). The summed E-state index contributed by atoms with van der Waals surface area (Å²) >= 11 is 12.3. The molecule has 1 aliphatic heterocycles. The van der Waals surface area contributed by atoms with Crippen LogP contribution in [0.15, 0.2) is 18.2 Å². The highest BCUT2D eigenvalue weighted by atomic mass is 35.5. The van der Waals surface area contributed by atoms with Crippen LogP contribution in [0.2, 0.25) is 10.0 Å². The lowest BCUT2D eigenvalue weighted by Gasteiger charge is -2.32. The normalized spacial score (nSPS) is 26.4. The fraction of sp³-hybridized carbons (Fsp3) is 0.571. The number of rotatable bonds is 5. The van der Waals surface area contributed by atoms with Gasteiger partial charge in [0, 0.05) is 17.7 Å². The molecule has 20 heavy (non-hydrogen) atoms. The number of nitrogens with zero attached hydrogens (tertiary/aromatic N) is 1. The molecule has 0 aromatic heterocycles. The molecule has 112 valence electrons. The molecule has 1 aromatic rings. The zero-order valence-electron chi connectivity index (χ0n) is 11.9. The zero-order chi connectivity index (χ0) is 14.8. The molecule has 1 heterocycles. The number of likely N-dealkylation sites (N-methyl/N-ethyl adjacent to an activating group) is 1. The van der Waals surface area contributed by atoms with Gasteiger partial charge in [0.15, 0.2) is 0 Å². The van der Waals surface area contributed by atoms with E-state index in [0.717, 1.165) is 5.56 Å². The van der Waals surface area contributed by atoms with Gasteiger partial charge in [-0.05, 0) is 26.2 Å². The van der Waals surface area contributed by atoms with E-state index in [1.807, 2.05) is 25.1 Å². The van der Waals surface area contributed by atoms with Crippen LogP contribution in [0.25, 0.3) is 0 Å². The number of hydrogen-bond acceptors (Lipinski definition) is 4. The maximum Gasteiger partial charge on any atom is 0.209 e. The van der Waals surface area contributed by atoms with Gasteiger partial charge in [0.1, 0.15) is 6.10 Å². The Morgan fingerprint density at radius 2 is 2.15 bits per heavy atom. The summed E-state index contributed by atoms with van der Waals surface area (Å²) in [4.78, 5) is 2.00. The lowest BCUT2D eigenvalue weighted by molar-refractivity contribution is -0.189. The Morgan fingerprint density at radius 1 is 1.40 bits per heavy atom. The van der Waals surface area contributed by atoms with Gasteiger partial charge >= 0.3 is 0 Å². The highest BCUT2D eigenvalue weighted by Gasteiger charge is 2.44. The molecule has 0 amide bonds. The molecule has 0 spiro atoms. The van der Waals surface area contributed by atoms with E-state index in [4.69, 9.17) is 37.4 Å². The van der Waals surface area contributed by atoms with E-state index in [-0.39, 0.29) is 6.10 Å². The molecule has 4 nitrogen and oxygen atoms in total. The monoisotopic (exact) mass is 319 g/mol. The van der Waals surface area contributed by atoms with Gasteiger partial charge in [0.2, 0.25) is 5.79 Å². The molecule has 1 fully saturated rings. The molecule has 0 bridgehead atoms. The van der Waals surface area contributed by atoms with Crippen molar-refractivity contribution in [2.45, 2.75) is 11.9 Å². The molecular weight excluding hydrogens is 301 g/mol. The van der Waals surface area contributed by atoms with E-state index in [9.17, 15) is 0 Å². The SMILES string of the molecule is COCC1COC(CN(C)C)(c2ccc(Cl)cc2Cl)O1. The largest absolute Gasteiger partial charge is 0.382 e. The molecule has 1 aliphatic rings. The van der Waals surface area contributed by atoms with Crippen LogP contribution < -0.4 is 0 Å². The van der Waals surface area contributed by atoms with Gasteiger partial charge in [-0.25, -0.2) is 0 Å². The van der Waals surface area contributed by atoms with Crippen LogP contribution in [0.1, 0.15) is 5.56 Å². The molecule has 0 N–H and O–H groups in total. The summed E-state index contributed by atoms with van der Waals surface area (Å²) < 4.78 is 17.2. The number of halogens is 2. The Labute approximate surface area is 129 Å². The first-order valence-corrected chi connectivity index (χ1v) is 7.13. The molecule has 2 atom stereocenters. The predicted octanol–water partition coefficient (Wildman–Crippen LogP) is 2.77. The molecule has 1 aromatic carbocycles. The second kappa shape index (κ2) is 6.60. The van der Waals surface area contributed by atoms with Gasteiger partial charge in [0.25, 0.3) is 0 Å². The Balaban J connectivity index is 2.32. The van der Waals surface area contributed by atoms with Crippen molar-refractivity contribution >= 4 is 23.2 Å². The number of hydrogen-bond donors (Lipinski definition) is 0. The zero-order valence-corrected chi connectivity index (χ0v) is 13.4. The Kier molecular flexibility index (Phi) is 5.29. The summed E-state index contributed by atoms with van der Waals surface area (Å²) in [5, 5.41) is 1.13. The van der Waals surface area contributed by atoms with Crippen molar-refractivity contribution in [2.75, 3.05) is 41.0 Å². The van der Waals surface area contributed by atoms with Crippen molar-refractivity contribution in [3.63, 3.8) is 0 Å². The number of benzene rings is 1. The van der Waals surface area contributed by atoms with Crippen molar-refractivity contribution in [3.05, 3.63) is 33.8 Å². The Hall–Kier alpha value is -0.360. The van der Waals surface area contributed by atoms with Crippen molar-refractivity contribution < 1.29 is 14.2 Å². The molecule has 6 heteroatoms.